The molecule has 0 radical (unpaired) electrons. The van der Waals surface area contributed by atoms with Crippen LogP contribution in [0.1, 0.15) is 0 Å². The molecular formula is C14H6BrCl2FN2. The molecule has 3 rings (SSSR count). The first-order valence-corrected chi connectivity index (χ1v) is 7.19. The molecule has 0 saturated heterocycles. The van der Waals surface area contributed by atoms with Gasteiger partial charge in [0.15, 0.2) is 11.0 Å². The van der Waals surface area contributed by atoms with E-state index in [1.165, 1.54) is 0 Å². The van der Waals surface area contributed by atoms with E-state index in [4.69, 9.17) is 23.2 Å². The molecule has 0 N–H and O–H groups in total. The average molecular weight is 372 g/mol. The van der Waals surface area contributed by atoms with E-state index >= 15 is 0 Å². The first-order valence-electron chi connectivity index (χ1n) is 5.64. The number of nitrogens with zero attached hydrogens (tertiary/aromatic N) is 2. The van der Waals surface area contributed by atoms with Crippen molar-refractivity contribution in [1.82, 2.24) is 10.2 Å². The molecule has 0 saturated carbocycles. The van der Waals surface area contributed by atoms with E-state index in [1.54, 1.807) is 12.1 Å². The van der Waals surface area contributed by atoms with Crippen molar-refractivity contribution in [3.63, 3.8) is 0 Å². The zero-order valence-electron chi connectivity index (χ0n) is 9.87. The zero-order chi connectivity index (χ0) is 14.3. The molecule has 0 aliphatic rings. The van der Waals surface area contributed by atoms with Crippen LogP contribution in [-0.4, -0.2) is 10.2 Å². The first kappa shape index (κ1) is 13.7. The van der Waals surface area contributed by atoms with Crippen molar-refractivity contribution < 1.29 is 4.39 Å². The van der Waals surface area contributed by atoms with Crippen molar-refractivity contribution in [1.29, 1.82) is 0 Å². The molecule has 20 heavy (non-hydrogen) atoms. The monoisotopic (exact) mass is 370 g/mol. The molecule has 1 aromatic heterocycles. The van der Waals surface area contributed by atoms with Crippen LogP contribution >= 0.6 is 39.1 Å². The lowest BCUT2D eigenvalue weighted by Gasteiger charge is -2.08. The normalized spacial score (nSPS) is 11.0. The molecule has 0 atom stereocenters. The lowest BCUT2D eigenvalue weighted by Crippen LogP contribution is -1.94. The number of benzene rings is 2. The lowest BCUT2D eigenvalue weighted by molar-refractivity contribution is 0.630. The number of rotatable bonds is 1. The molecule has 0 aliphatic heterocycles. The summed E-state index contributed by atoms with van der Waals surface area (Å²) in [6.45, 7) is 0. The maximum atomic E-state index is 14.3. The van der Waals surface area contributed by atoms with Crippen molar-refractivity contribution in [2.75, 3.05) is 0 Å². The van der Waals surface area contributed by atoms with Gasteiger partial charge in [0.2, 0.25) is 0 Å². The molecule has 0 unspecified atom stereocenters. The first-order chi connectivity index (χ1) is 9.59. The number of hydrogen-bond acceptors (Lipinski definition) is 2. The predicted molar refractivity (Wildman–Crippen MR) is 82.7 cm³/mol. The molecule has 0 bridgehead atoms. The van der Waals surface area contributed by atoms with Crippen molar-refractivity contribution >= 4 is 49.9 Å². The second-order valence-corrected chi connectivity index (χ2v) is 5.70. The third-order valence-corrected chi connectivity index (χ3v) is 4.47. The van der Waals surface area contributed by atoms with E-state index in [2.05, 4.69) is 26.1 Å². The summed E-state index contributed by atoms with van der Waals surface area (Å²) in [6, 6.07) is 10.6. The topological polar surface area (TPSA) is 25.8 Å². The Morgan fingerprint density at radius 3 is 2.40 bits per heavy atom. The van der Waals surface area contributed by atoms with Crippen LogP contribution in [0.25, 0.3) is 22.0 Å². The van der Waals surface area contributed by atoms with E-state index in [0.717, 1.165) is 10.8 Å². The molecule has 3 aromatic rings. The van der Waals surface area contributed by atoms with Gasteiger partial charge in [-0.05, 0) is 28.1 Å². The van der Waals surface area contributed by atoms with Crippen molar-refractivity contribution in [3.05, 3.63) is 56.9 Å². The second-order valence-electron chi connectivity index (χ2n) is 4.11. The minimum Gasteiger partial charge on any atom is -0.205 e. The van der Waals surface area contributed by atoms with E-state index in [-0.39, 0.29) is 10.2 Å². The van der Waals surface area contributed by atoms with Crippen LogP contribution in [0.3, 0.4) is 0 Å². The summed E-state index contributed by atoms with van der Waals surface area (Å²) < 4.78 is 14.8. The van der Waals surface area contributed by atoms with Gasteiger partial charge >= 0.3 is 0 Å². The van der Waals surface area contributed by atoms with E-state index < -0.39 is 5.82 Å². The summed E-state index contributed by atoms with van der Waals surface area (Å²) in [5.41, 5.74) is 0.704. The quantitative estimate of drug-likeness (QED) is 0.527. The third kappa shape index (κ3) is 2.18. The molecule has 2 aromatic carbocycles. The van der Waals surface area contributed by atoms with Gasteiger partial charge in [-0.3, -0.25) is 0 Å². The smallest absolute Gasteiger partial charge is 0.159 e. The molecular weight excluding hydrogens is 366 g/mol. The Bertz CT molecular complexity index is 824. The Morgan fingerprint density at radius 1 is 0.950 bits per heavy atom. The van der Waals surface area contributed by atoms with Gasteiger partial charge in [0.25, 0.3) is 0 Å². The fourth-order valence-corrected chi connectivity index (χ4v) is 2.65. The molecule has 0 spiro atoms. The summed E-state index contributed by atoms with van der Waals surface area (Å²) >= 11 is 15.1. The van der Waals surface area contributed by atoms with Gasteiger partial charge in [0, 0.05) is 20.8 Å². The minimum absolute atomic E-state index is 0.0170. The Balaban J connectivity index is 2.36. The predicted octanol–water partition coefficient (Wildman–Crippen LogP) is 5.51. The summed E-state index contributed by atoms with van der Waals surface area (Å²) in [4.78, 5) is 0. The van der Waals surface area contributed by atoms with Crippen LogP contribution in [0.15, 0.2) is 40.9 Å². The summed E-state index contributed by atoms with van der Waals surface area (Å²) in [6.07, 6.45) is 0. The fraction of sp³-hybridized carbons (Fsp3) is 0. The maximum absolute atomic E-state index is 14.3. The van der Waals surface area contributed by atoms with Crippen molar-refractivity contribution in [3.8, 4) is 11.3 Å². The Kier molecular flexibility index (Phi) is 3.63. The van der Waals surface area contributed by atoms with Gasteiger partial charge in [-0.1, -0.05) is 47.5 Å². The zero-order valence-corrected chi connectivity index (χ0v) is 13.0. The summed E-state index contributed by atoms with van der Waals surface area (Å²) in [5, 5.41) is 9.63. The third-order valence-electron chi connectivity index (χ3n) is 2.93. The molecule has 0 amide bonds. The van der Waals surface area contributed by atoms with Crippen LogP contribution in [-0.2, 0) is 0 Å². The fourth-order valence-electron chi connectivity index (χ4n) is 1.98. The highest BCUT2D eigenvalue weighted by atomic mass is 79.9. The second kappa shape index (κ2) is 5.28. The molecule has 1 heterocycles. The Labute approximate surface area is 132 Å². The van der Waals surface area contributed by atoms with Crippen LogP contribution in [0.2, 0.25) is 10.2 Å². The SMILES string of the molecule is Fc1c(-c2nnc(Cl)c3ccccc23)ccc(Br)c1Cl. The van der Waals surface area contributed by atoms with Crippen LogP contribution in [0.4, 0.5) is 4.39 Å². The highest BCUT2D eigenvalue weighted by Gasteiger charge is 2.16. The molecule has 0 fully saturated rings. The Hall–Kier alpha value is -1.23. The lowest BCUT2D eigenvalue weighted by atomic mass is 10.0. The van der Waals surface area contributed by atoms with Gasteiger partial charge in [0.05, 0.1) is 5.02 Å². The van der Waals surface area contributed by atoms with Gasteiger partial charge < -0.3 is 0 Å². The number of fused-ring (bicyclic) bond motifs is 1. The number of halogens is 4. The highest BCUT2D eigenvalue weighted by molar-refractivity contribution is 9.10. The molecule has 2 nitrogen and oxygen atoms in total. The van der Waals surface area contributed by atoms with Crippen molar-refractivity contribution in [2.24, 2.45) is 0 Å². The van der Waals surface area contributed by atoms with Gasteiger partial charge in [-0.15, -0.1) is 10.2 Å². The van der Waals surface area contributed by atoms with Crippen LogP contribution in [0, 0.1) is 5.82 Å². The number of hydrogen-bond donors (Lipinski definition) is 0. The minimum atomic E-state index is -0.539. The highest BCUT2D eigenvalue weighted by Crippen LogP contribution is 2.35. The van der Waals surface area contributed by atoms with E-state index in [1.807, 2.05) is 24.3 Å². The Morgan fingerprint density at radius 2 is 1.65 bits per heavy atom. The van der Waals surface area contributed by atoms with E-state index in [9.17, 15) is 4.39 Å². The molecule has 6 heteroatoms. The van der Waals surface area contributed by atoms with Crippen LogP contribution < -0.4 is 0 Å². The molecule has 100 valence electrons. The van der Waals surface area contributed by atoms with Gasteiger partial charge in [-0.25, -0.2) is 4.39 Å². The largest absolute Gasteiger partial charge is 0.205 e. The number of aromatic nitrogens is 2. The van der Waals surface area contributed by atoms with Crippen molar-refractivity contribution in [2.45, 2.75) is 0 Å². The van der Waals surface area contributed by atoms with Crippen LogP contribution in [0.5, 0.6) is 0 Å². The summed E-state index contributed by atoms with van der Waals surface area (Å²) in [5.74, 6) is -0.539. The van der Waals surface area contributed by atoms with Gasteiger partial charge in [-0.2, -0.15) is 0 Å². The standard InChI is InChI=1S/C14H6BrCl2FN2/c15-10-6-5-9(12(18)11(10)16)13-7-3-1-2-4-8(7)14(17)20-19-13/h1-6H. The average Bonchev–Trinajstić information content (AvgIpc) is 2.47. The van der Waals surface area contributed by atoms with E-state index in [0.29, 0.717) is 15.7 Å². The summed E-state index contributed by atoms with van der Waals surface area (Å²) in [7, 11) is 0. The van der Waals surface area contributed by atoms with Gasteiger partial charge in [0.1, 0.15) is 5.69 Å². The molecule has 0 aliphatic carbocycles. The maximum Gasteiger partial charge on any atom is 0.159 e.